The van der Waals surface area contributed by atoms with E-state index in [2.05, 4.69) is 14.9 Å². The van der Waals surface area contributed by atoms with Gasteiger partial charge in [-0.25, -0.2) is 4.98 Å². The molecule has 1 aromatic heterocycles. The van der Waals surface area contributed by atoms with Crippen LogP contribution in [-0.4, -0.2) is 41.1 Å². The lowest BCUT2D eigenvalue weighted by atomic mass is 10.1. The van der Waals surface area contributed by atoms with Gasteiger partial charge in [0.15, 0.2) is 0 Å². The lowest BCUT2D eigenvalue weighted by Gasteiger charge is -2.16. The Bertz CT molecular complexity index is 617. The molecule has 0 atom stereocenters. The summed E-state index contributed by atoms with van der Waals surface area (Å²) in [7, 11) is 0. The number of imidazole rings is 1. The molecule has 1 saturated heterocycles. The van der Waals surface area contributed by atoms with Crippen molar-refractivity contribution in [1.29, 1.82) is 0 Å². The van der Waals surface area contributed by atoms with Crippen LogP contribution >= 0.6 is 0 Å². The zero-order valence-electron chi connectivity index (χ0n) is 11.4. The summed E-state index contributed by atoms with van der Waals surface area (Å²) >= 11 is 0. The number of H-pyrrole nitrogens is 1. The minimum absolute atomic E-state index is 0.0746. The number of aromatic amines is 1. The first kappa shape index (κ1) is 14.2. The van der Waals surface area contributed by atoms with E-state index in [4.69, 9.17) is 4.74 Å². The Hall–Kier alpha value is -1.76. The first-order valence-electron chi connectivity index (χ1n) is 6.93. The highest BCUT2D eigenvalue weighted by Crippen LogP contribution is 2.36. The molecule has 1 fully saturated rings. The predicted octanol–water partition coefficient (Wildman–Crippen LogP) is 3.06. The van der Waals surface area contributed by atoms with Crippen LogP contribution in [0.3, 0.4) is 0 Å². The molecule has 0 radical (unpaired) electrons. The number of aromatic nitrogens is 2. The minimum Gasteiger partial charge on any atom is -0.492 e. The van der Waals surface area contributed by atoms with Crippen molar-refractivity contribution in [3.63, 3.8) is 0 Å². The fourth-order valence-corrected chi connectivity index (χ4v) is 2.62. The normalized spacial score (nSPS) is 16.7. The van der Waals surface area contributed by atoms with Gasteiger partial charge in [-0.2, -0.15) is 13.2 Å². The van der Waals surface area contributed by atoms with Gasteiger partial charge in [0.2, 0.25) is 0 Å². The molecule has 4 nitrogen and oxygen atoms in total. The predicted molar refractivity (Wildman–Crippen MR) is 72.3 cm³/mol. The fraction of sp³-hybridized carbons (Fsp3) is 0.500. The Morgan fingerprint density at radius 3 is 2.71 bits per heavy atom. The lowest BCUT2D eigenvalue weighted by molar-refractivity contribution is -0.136. The molecule has 1 aliphatic heterocycles. The van der Waals surface area contributed by atoms with Gasteiger partial charge in [0.1, 0.15) is 17.9 Å². The maximum absolute atomic E-state index is 13.0. The SMILES string of the molecule is FC(F)(F)c1cc(OCCN2CCCC2)cc2[nH]cnc12. The average molecular weight is 299 g/mol. The van der Waals surface area contributed by atoms with Crippen LogP contribution in [0.1, 0.15) is 18.4 Å². The third-order valence-corrected chi connectivity index (χ3v) is 3.68. The van der Waals surface area contributed by atoms with Gasteiger partial charge in [0, 0.05) is 12.6 Å². The molecule has 0 amide bonds. The second-order valence-corrected chi connectivity index (χ2v) is 5.16. The molecule has 7 heteroatoms. The van der Waals surface area contributed by atoms with Crippen LogP contribution in [0, 0.1) is 0 Å². The Morgan fingerprint density at radius 1 is 1.24 bits per heavy atom. The molecule has 0 aliphatic carbocycles. The summed E-state index contributed by atoms with van der Waals surface area (Å²) < 4.78 is 44.6. The van der Waals surface area contributed by atoms with Gasteiger partial charge < -0.3 is 9.72 Å². The number of rotatable bonds is 4. The zero-order chi connectivity index (χ0) is 14.9. The van der Waals surface area contributed by atoms with Crippen LogP contribution in [0.2, 0.25) is 0 Å². The van der Waals surface area contributed by atoms with E-state index in [0.717, 1.165) is 25.7 Å². The number of halogens is 3. The topological polar surface area (TPSA) is 41.1 Å². The average Bonchev–Trinajstić information content (AvgIpc) is 3.06. The summed E-state index contributed by atoms with van der Waals surface area (Å²) in [6, 6.07) is 2.58. The van der Waals surface area contributed by atoms with Crippen molar-refractivity contribution >= 4 is 11.0 Å². The number of likely N-dealkylation sites (tertiary alicyclic amines) is 1. The number of alkyl halides is 3. The second-order valence-electron chi connectivity index (χ2n) is 5.16. The van der Waals surface area contributed by atoms with E-state index in [1.165, 1.54) is 19.2 Å². The van der Waals surface area contributed by atoms with Gasteiger partial charge >= 0.3 is 6.18 Å². The van der Waals surface area contributed by atoms with Gasteiger partial charge in [-0.3, -0.25) is 4.90 Å². The summed E-state index contributed by atoms with van der Waals surface area (Å²) in [5, 5.41) is 0. The number of fused-ring (bicyclic) bond motifs is 1. The molecule has 2 aromatic rings. The van der Waals surface area contributed by atoms with Crippen LogP contribution in [0.15, 0.2) is 18.5 Å². The fourth-order valence-electron chi connectivity index (χ4n) is 2.62. The first-order chi connectivity index (χ1) is 10.0. The van der Waals surface area contributed by atoms with Crippen LogP contribution in [0.4, 0.5) is 13.2 Å². The highest BCUT2D eigenvalue weighted by molar-refractivity contribution is 5.80. The summed E-state index contributed by atoms with van der Waals surface area (Å²) in [6.45, 7) is 3.20. The van der Waals surface area contributed by atoms with Crippen molar-refractivity contribution in [2.24, 2.45) is 0 Å². The standard InChI is InChI=1S/C14H16F3N3O/c15-14(16,17)11-7-10(8-12-13(11)19-9-18-12)21-6-5-20-3-1-2-4-20/h7-9H,1-6H2,(H,18,19). The number of hydrogen-bond donors (Lipinski definition) is 1. The smallest absolute Gasteiger partial charge is 0.418 e. The lowest BCUT2D eigenvalue weighted by Crippen LogP contribution is -2.25. The molecule has 1 aliphatic rings. The van der Waals surface area contributed by atoms with E-state index in [9.17, 15) is 13.2 Å². The molecule has 0 bridgehead atoms. The largest absolute Gasteiger partial charge is 0.492 e. The Balaban J connectivity index is 1.75. The monoisotopic (exact) mass is 299 g/mol. The van der Waals surface area contributed by atoms with Gasteiger partial charge in [-0.1, -0.05) is 0 Å². The van der Waals surface area contributed by atoms with Crippen molar-refractivity contribution in [2.45, 2.75) is 19.0 Å². The van der Waals surface area contributed by atoms with Gasteiger partial charge in [0.25, 0.3) is 0 Å². The Morgan fingerprint density at radius 2 is 2.00 bits per heavy atom. The van der Waals surface area contributed by atoms with Gasteiger partial charge in [-0.05, 0) is 32.0 Å². The van der Waals surface area contributed by atoms with Crippen molar-refractivity contribution in [2.75, 3.05) is 26.2 Å². The molecule has 3 rings (SSSR count). The van der Waals surface area contributed by atoms with E-state index in [-0.39, 0.29) is 11.3 Å². The number of nitrogens with zero attached hydrogens (tertiary/aromatic N) is 2. The highest BCUT2D eigenvalue weighted by Gasteiger charge is 2.34. The van der Waals surface area contributed by atoms with Crippen molar-refractivity contribution in [3.8, 4) is 5.75 Å². The van der Waals surface area contributed by atoms with Crippen molar-refractivity contribution in [1.82, 2.24) is 14.9 Å². The van der Waals surface area contributed by atoms with Crippen LogP contribution in [0.25, 0.3) is 11.0 Å². The summed E-state index contributed by atoms with van der Waals surface area (Å²) in [6.07, 6.45) is -0.827. The second kappa shape index (κ2) is 5.55. The molecule has 1 aromatic carbocycles. The molecule has 0 spiro atoms. The Labute approximate surface area is 119 Å². The van der Waals surface area contributed by atoms with Gasteiger partial charge in [0.05, 0.1) is 17.4 Å². The van der Waals surface area contributed by atoms with E-state index in [0.29, 0.717) is 12.1 Å². The molecule has 21 heavy (non-hydrogen) atoms. The number of hydrogen-bond acceptors (Lipinski definition) is 3. The third kappa shape index (κ3) is 3.12. The number of benzene rings is 1. The third-order valence-electron chi connectivity index (χ3n) is 3.68. The molecule has 114 valence electrons. The molecule has 0 saturated carbocycles. The summed E-state index contributed by atoms with van der Waals surface area (Å²) in [5.41, 5.74) is -0.507. The number of nitrogens with one attached hydrogen (secondary N) is 1. The highest BCUT2D eigenvalue weighted by atomic mass is 19.4. The molecule has 1 N–H and O–H groups in total. The summed E-state index contributed by atoms with van der Waals surface area (Å²) in [5.74, 6) is 0.221. The van der Waals surface area contributed by atoms with E-state index in [1.807, 2.05) is 0 Å². The van der Waals surface area contributed by atoms with E-state index < -0.39 is 11.7 Å². The number of ether oxygens (including phenoxy) is 1. The maximum Gasteiger partial charge on any atom is 0.418 e. The quantitative estimate of drug-likeness (QED) is 0.943. The van der Waals surface area contributed by atoms with Crippen LogP contribution < -0.4 is 4.74 Å². The Kier molecular flexibility index (Phi) is 3.75. The van der Waals surface area contributed by atoms with E-state index in [1.54, 1.807) is 6.07 Å². The molecular weight excluding hydrogens is 283 g/mol. The van der Waals surface area contributed by atoms with Crippen LogP contribution in [0.5, 0.6) is 5.75 Å². The zero-order valence-corrected chi connectivity index (χ0v) is 11.4. The van der Waals surface area contributed by atoms with Gasteiger partial charge in [-0.15, -0.1) is 0 Å². The van der Waals surface area contributed by atoms with Crippen molar-refractivity contribution in [3.05, 3.63) is 24.0 Å². The minimum atomic E-state index is -4.44. The first-order valence-corrected chi connectivity index (χ1v) is 6.93. The van der Waals surface area contributed by atoms with Crippen LogP contribution in [-0.2, 0) is 6.18 Å². The van der Waals surface area contributed by atoms with E-state index >= 15 is 0 Å². The maximum atomic E-state index is 13.0. The molecule has 0 unspecified atom stereocenters. The van der Waals surface area contributed by atoms with Crippen molar-refractivity contribution < 1.29 is 17.9 Å². The summed E-state index contributed by atoms with van der Waals surface area (Å²) in [4.78, 5) is 8.68. The molecule has 2 heterocycles. The molecular formula is C14H16F3N3O.